The number of hydrogen-bond donors (Lipinski definition) is 1. The third-order valence-electron chi connectivity index (χ3n) is 4.46. The second kappa shape index (κ2) is 6.76. The molecule has 1 fully saturated rings. The largest absolute Gasteiger partial charge is 0.391 e. The van der Waals surface area contributed by atoms with Crippen LogP contribution in [0, 0.1) is 19.8 Å². The van der Waals surface area contributed by atoms with Crippen LogP contribution in [0.2, 0.25) is 0 Å². The summed E-state index contributed by atoms with van der Waals surface area (Å²) in [6.45, 7) is 7.44. The van der Waals surface area contributed by atoms with Gasteiger partial charge in [0.15, 0.2) is 0 Å². The average Bonchev–Trinajstić information content (AvgIpc) is 3.20. The first kappa shape index (κ1) is 16.7. The van der Waals surface area contributed by atoms with Crippen LogP contribution in [0.25, 0.3) is 0 Å². The summed E-state index contributed by atoms with van der Waals surface area (Å²) in [5.74, 6) is 0.648. The van der Waals surface area contributed by atoms with Crippen LogP contribution in [-0.4, -0.2) is 50.0 Å². The van der Waals surface area contributed by atoms with Gasteiger partial charge >= 0.3 is 0 Å². The molecule has 1 aliphatic rings. The minimum Gasteiger partial charge on any atom is -0.391 e. The van der Waals surface area contributed by atoms with Gasteiger partial charge in [0.25, 0.3) is 5.91 Å². The molecule has 0 saturated carbocycles. The highest BCUT2D eigenvalue weighted by Gasteiger charge is 2.36. The average molecular weight is 332 g/mol. The van der Waals surface area contributed by atoms with Crippen LogP contribution in [0.5, 0.6) is 0 Å². The molecule has 7 nitrogen and oxygen atoms in total. The summed E-state index contributed by atoms with van der Waals surface area (Å²) in [6.07, 6.45) is 2.81. The first-order chi connectivity index (χ1) is 11.5. The Balaban J connectivity index is 1.68. The zero-order valence-electron chi connectivity index (χ0n) is 14.4. The molecule has 0 radical (unpaired) electrons. The molecule has 1 saturated heterocycles. The molecular weight excluding hydrogens is 308 g/mol. The normalized spacial score (nSPS) is 20.8. The molecular formula is C17H24N4O3. The van der Waals surface area contributed by atoms with Gasteiger partial charge in [-0.15, -0.1) is 0 Å². The summed E-state index contributed by atoms with van der Waals surface area (Å²) >= 11 is 0. The molecule has 130 valence electrons. The number of likely N-dealkylation sites (tertiary alicyclic amines) is 1. The number of amides is 1. The number of aryl methyl sites for hydroxylation is 3. The second-order valence-electron chi connectivity index (χ2n) is 6.57. The van der Waals surface area contributed by atoms with E-state index < -0.39 is 6.10 Å². The molecule has 0 spiro atoms. The van der Waals surface area contributed by atoms with E-state index >= 15 is 0 Å². The molecule has 2 atom stereocenters. The highest BCUT2D eigenvalue weighted by molar-refractivity contribution is 5.95. The van der Waals surface area contributed by atoms with Crippen molar-refractivity contribution in [1.29, 1.82) is 0 Å². The van der Waals surface area contributed by atoms with Gasteiger partial charge in [-0.3, -0.25) is 9.48 Å². The van der Waals surface area contributed by atoms with Crippen LogP contribution < -0.4 is 0 Å². The fourth-order valence-corrected chi connectivity index (χ4v) is 3.23. The van der Waals surface area contributed by atoms with Crippen molar-refractivity contribution in [2.75, 3.05) is 13.1 Å². The lowest BCUT2D eigenvalue weighted by Gasteiger charge is -2.15. The number of hydrogen-bond acceptors (Lipinski definition) is 5. The monoisotopic (exact) mass is 332 g/mol. The zero-order valence-corrected chi connectivity index (χ0v) is 14.4. The van der Waals surface area contributed by atoms with Gasteiger partial charge < -0.3 is 14.5 Å². The first-order valence-electron chi connectivity index (χ1n) is 8.41. The Morgan fingerprint density at radius 2 is 2.21 bits per heavy atom. The number of aliphatic hydroxyl groups is 1. The SMILES string of the molecule is CCCn1cc(C(=O)N2C[C@@H](Cc3cc(C)no3)[C@@H](O)C2)c(C)n1. The fraction of sp³-hybridized carbons (Fsp3) is 0.588. The van der Waals surface area contributed by atoms with Gasteiger partial charge in [0.2, 0.25) is 0 Å². The molecule has 7 heteroatoms. The van der Waals surface area contributed by atoms with Crippen molar-refractivity contribution in [1.82, 2.24) is 19.8 Å². The van der Waals surface area contributed by atoms with Gasteiger partial charge in [-0.05, 0) is 20.3 Å². The zero-order chi connectivity index (χ0) is 17.3. The molecule has 1 N–H and O–H groups in total. The maximum atomic E-state index is 12.8. The number of rotatable bonds is 5. The lowest BCUT2D eigenvalue weighted by molar-refractivity contribution is 0.0764. The van der Waals surface area contributed by atoms with E-state index in [9.17, 15) is 9.90 Å². The number of β-amino-alcohol motifs (C(OH)–C–C–N with tert-alkyl or cyclic N) is 1. The van der Waals surface area contributed by atoms with Gasteiger partial charge in [0, 0.05) is 44.2 Å². The minimum atomic E-state index is -0.551. The molecule has 0 unspecified atom stereocenters. The van der Waals surface area contributed by atoms with Crippen molar-refractivity contribution in [3.05, 3.63) is 35.0 Å². The molecule has 1 amide bonds. The Morgan fingerprint density at radius 3 is 2.88 bits per heavy atom. The van der Waals surface area contributed by atoms with E-state index in [4.69, 9.17) is 4.52 Å². The van der Waals surface area contributed by atoms with Crippen LogP contribution in [-0.2, 0) is 13.0 Å². The Bertz CT molecular complexity index is 721. The highest BCUT2D eigenvalue weighted by Crippen LogP contribution is 2.24. The summed E-state index contributed by atoms with van der Waals surface area (Å²) in [4.78, 5) is 14.5. The number of nitrogens with zero attached hydrogens (tertiary/aromatic N) is 4. The first-order valence-corrected chi connectivity index (χ1v) is 8.41. The van der Waals surface area contributed by atoms with Crippen LogP contribution in [0.1, 0.15) is 40.9 Å². The van der Waals surface area contributed by atoms with Crippen molar-refractivity contribution in [2.45, 2.75) is 46.3 Å². The van der Waals surface area contributed by atoms with E-state index in [2.05, 4.69) is 17.2 Å². The third-order valence-corrected chi connectivity index (χ3v) is 4.46. The summed E-state index contributed by atoms with van der Waals surface area (Å²) in [5.41, 5.74) is 2.17. The molecule has 24 heavy (non-hydrogen) atoms. The van der Waals surface area contributed by atoms with E-state index in [1.54, 1.807) is 11.1 Å². The molecule has 2 aromatic heterocycles. The van der Waals surface area contributed by atoms with E-state index in [-0.39, 0.29) is 11.8 Å². The quantitative estimate of drug-likeness (QED) is 0.898. The van der Waals surface area contributed by atoms with Crippen molar-refractivity contribution in [3.8, 4) is 0 Å². The van der Waals surface area contributed by atoms with Crippen molar-refractivity contribution in [3.63, 3.8) is 0 Å². The van der Waals surface area contributed by atoms with E-state index in [1.165, 1.54) is 0 Å². The number of carbonyl (C=O) groups excluding carboxylic acids is 1. The van der Waals surface area contributed by atoms with Crippen LogP contribution in [0.15, 0.2) is 16.8 Å². The summed E-state index contributed by atoms with van der Waals surface area (Å²) < 4.78 is 7.04. The maximum absolute atomic E-state index is 12.8. The molecule has 3 heterocycles. The molecule has 1 aliphatic heterocycles. The van der Waals surface area contributed by atoms with Crippen molar-refractivity contribution in [2.24, 2.45) is 5.92 Å². The van der Waals surface area contributed by atoms with Crippen molar-refractivity contribution >= 4 is 5.91 Å². The fourth-order valence-electron chi connectivity index (χ4n) is 3.23. The van der Waals surface area contributed by atoms with Crippen LogP contribution in [0.4, 0.5) is 0 Å². The number of aliphatic hydroxyl groups excluding tert-OH is 1. The van der Waals surface area contributed by atoms with E-state index in [0.717, 1.165) is 30.1 Å². The van der Waals surface area contributed by atoms with E-state index in [1.807, 2.05) is 24.6 Å². The number of carbonyl (C=O) groups is 1. The lowest BCUT2D eigenvalue weighted by Crippen LogP contribution is -2.29. The topological polar surface area (TPSA) is 84.4 Å². The van der Waals surface area contributed by atoms with Gasteiger partial charge in [-0.25, -0.2) is 0 Å². The summed E-state index contributed by atoms with van der Waals surface area (Å²) in [5, 5.41) is 18.6. The Labute approximate surface area is 141 Å². The van der Waals surface area contributed by atoms with E-state index in [0.29, 0.717) is 25.1 Å². The Hall–Kier alpha value is -2.15. The van der Waals surface area contributed by atoms with Crippen molar-refractivity contribution < 1.29 is 14.4 Å². The molecule has 2 aromatic rings. The second-order valence-corrected chi connectivity index (χ2v) is 6.57. The highest BCUT2D eigenvalue weighted by atomic mass is 16.5. The Morgan fingerprint density at radius 1 is 1.42 bits per heavy atom. The van der Waals surface area contributed by atoms with Gasteiger partial charge in [0.05, 0.1) is 23.1 Å². The van der Waals surface area contributed by atoms with Crippen LogP contribution >= 0.6 is 0 Å². The maximum Gasteiger partial charge on any atom is 0.257 e. The minimum absolute atomic E-state index is 0.0349. The molecule has 0 bridgehead atoms. The van der Waals surface area contributed by atoms with Gasteiger partial charge in [0.1, 0.15) is 5.76 Å². The van der Waals surface area contributed by atoms with Gasteiger partial charge in [-0.2, -0.15) is 5.10 Å². The summed E-state index contributed by atoms with van der Waals surface area (Å²) in [6, 6.07) is 1.87. The summed E-state index contributed by atoms with van der Waals surface area (Å²) in [7, 11) is 0. The van der Waals surface area contributed by atoms with Crippen LogP contribution in [0.3, 0.4) is 0 Å². The molecule has 0 aliphatic carbocycles. The standard InChI is InChI=1S/C17H24N4O3/c1-4-5-21-9-15(12(3)18-21)17(23)20-8-13(16(22)10-20)7-14-6-11(2)19-24-14/h6,9,13,16,22H,4-5,7-8,10H2,1-3H3/t13-,16+/m1/s1. The third kappa shape index (κ3) is 3.36. The lowest BCUT2D eigenvalue weighted by atomic mass is 10.0. The predicted octanol–water partition coefficient (Wildman–Crippen LogP) is 1.57. The van der Waals surface area contributed by atoms with Gasteiger partial charge in [-0.1, -0.05) is 12.1 Å². The molecule has 3 rings (SSSR count). The smallest absolute Gasteiger partial charge is 0.257 e. The molecule has 0 aromatic carbocycles. The predicted molar refractivity (Wildman–Crippen MR) is 87.6 cm³/mol. The Kier molecular flexibility index (Phi) is 4.71. The number of aromatic nitrogens is 3.